The predicted molar refractivity (Wildman–Crippen MR) is 84.7 cm³/mol. The molecule has 1 atom stereocenters. The number of hydrogen-bond acceptors (Lipinski definition) is 7. The van der Waals surface area contributed by atoms with E-state index in [2.05, 4.69) is 15.3 Å². The molecule has 0 bridgehead atoms. The number of ether oxygens (including phenoxy) is 1. The number of fused-ring (bicyclic) bond motifs is 1. The molecule has 1 aromatic heterocycles. The fourth-order valence-electron chi connectivity index (χ4n) is 3.90. The molecule has 1 amide bonds. The number of nitrogens with two attached hydrogens (primary N) is 2. The summed E-state index contributed by atoms with van der Waals surface area (Å²) in [7, 11) is 0. The molecule has 4 rings (SSSR count). The van der Waals surface area contributed by atoms with Gasteiger partial charge < -0.3 is 26.4 Å². The monoisotopic (exact) mass is 318 g/mol. The van der Waals surface area contributed by atoms with Crippen molar-refractivity contribution in [3.63, 3.8) is 0 Å². The molecule has 124 valence electrons. The maximum atomic E-state index is 12.7. The Kier molecular flexibility index (Phi) is 3.29. The number of piperidine rings is 1. The zero-order valence-corrected chi connectivity index (χ0v) is 13.0. The maximum Gasteiger partial charge on any atom is 0.225 e. The first-order chi connectivity index (χ1) is 11.1. The molecule has 1 unspecified atom stereocenters. The van der Waals surface area contributed by atoms with Crippen molar-refractivity contribution in [1.29, 1.82) is 0 Å². The van der Waals surface area contributed by atoms with Crippen LogP contribution in [0.2, 0.25) is 0 Å². The molecule has 3 aliphatic heterocycles. The highest BCUT2D eigenvalue weighted by molar-refractivity contribution is 5.79. The lowest BCUT2D eigenvalue weighted by atomic mass is 9.95. The second-order valence-electron chi connectivity index (χ2n) is 6.75. The van der Waals surface area contributed by atoms with Gasteiger partial charge in [0.2, 0.25) is 17.7 Å². The van der Waals surface area contributed by atoms with Crippen LogP contribution in [0.15, 0.2) is 0 Å². The van der Waals surface area contributed by atoms with Crippen LogP contribution in [-0.4, -0.2) is 52.6 Å². The molecular weight excluding hydrogens is 296 g/mol. The summed E-state index contributed by atoms with van der Waals surface area (Å²) >= 11 is 0. The molecule has 0 aromatic carbocycles. The first kappa shape index (κ1) is 14.5. The highest BCUT2D eigenvalue weighted by Gasteiger charge is 2.48. The van der Waals surface area contributed by atoms with E-state index in [9.17, 15) is 4.79 Å². The molecule has 2 saturated heterocycles. The van der Waals surface area contributed by atoms with Gasteiger partial charge in [0, 0.05) is 25.3 Å². The van der Waals surface area contributed by atoms with Gasteiger partial charge in [0.05, 0.1) is 12.1 Å². The number of likely N-dealkylation sites (tertiary alicyclic amines) is 1. The molecule has 0 aliphatic carbocycles. The second-order valence-corrected chi connectivity index (χ2v) is 6.75. The summed E-state index contributed by atoms with van der Waals surface area (Å²) in [6.45, 7) is 3.15. The Morgan fingerprint density at radius 1 is 1.30 bits per heavy atom. The van der Waals surface area contributed by atoms with Crippen molar-refractivity contribution in [3.8, 4) is 5.88 Å². The van der Waals surface area contributed by atoms with Gasteiger partial charge >= 0.3 is 0 Å². The van der Waals surface area contributed by atoms with E-state index >= 15 is 0 Å². The number of carbonyl (C=O) groups excluding carboxylic acids is 1. The lowest BCUT2D eigenvalue weighted by Gasteiger charge is -2.28. The van der Waals surface area contributed by atoms with E-state index in [4.69, 9.17) is 16.2 Å². The van der Waals surface area contributed by atoms with Crippen LogP contribution in [0, 0.1) is 5.92 Å². The van der Waals surface area contributed by atoms with E-state index in [1.165, 1.54) is 0 Å². The van der Waals surface area contributed by atoms with E-state index in [0.29, 0.717) is 24.7 Å². The van der Waals surface area contributed by atoms with Gasteiger partial charge in [0.25, 0.3) is 0 Å². The number of nitrogens with one attached hydrogen (secondary N) is 1. The van der Waals surface area contributed by atoms with E-state index < -0.39 is 5.60 Å². The summed E-state index contributed by atoms with van der Waals surface area (Å²) in [4.78, 5) is 22.8. The number of aromatic nitrogens is 2. The second kappa shape index (κ2) is 5.23. The standard InChI is InChI=1S/C15H22N6O2/c16-11-10-7-15(23-12(10)20-14(17)19-11)3-6-21(8-15)13(22)9-1-4-18-5-2-9/h9,18H,1-8H2,(H4,16,17,19,20). The third kappa shape index (κ3) is 2.46. The number of nitrogens with zero attached hydrogens (tertiary/aromatic N) is 3. The molecule has 2 fully saturated rings. The highest BCUT2D eigenvalue weighted by Crippen LogP contribution is 2.41. The molecule has 3 aliphatic rings. The first-order valence-corrected chi connectivity index (χ1v) is 8.17. The normalized spacial score (nSPS) is 27.2. The van der Waals surface area contributed by atoms with Gasteiger partial charge in [0.1, 0.15) is 11.4 Å². The highest BCUT2D eigenvalue weighted by atomic mass is 16.5. The molecule has 0 radical (unpaired) electrons. The van der Waals surface area contributed by atoms with E-state index in [1.807, 2.05) is 4.90 Å². The number of nitrogen functional groups attached to an aromatic ring is 2. The summed E-state index contributed by atoms with van der Waals surface area (Å²) in [6, 6.07) is 0. The van der Waals surface area contributed by atoms with Crippen LogP contribution in [0.5, 0.6) is 5.88 Å². The van der Waals surface area contributed by atoms with Gasteiger partial charge in [-0.3, -0.25) is 4.79 Å². The zero-order valence-electron chi connectivity index (χ0n) is 13.0. The quantitative estimate of drug-likeness (QED) is 0.641. The third-order valence-electron chi connectivity index (χ3n) is 5.15. The van der Waals surface area contributed by atoms with Gasteiger partial charge in [-0.1, -0.05) is 0 Å². The molecule has 8 heteroatoms. The van der Waals surface area contributed by atoms with Crippen LogP contribution in [0.4, 0.5) is 11.8 Å². The van der Waals surface area contributed by atoms with Gasteiger partial charge in [-0.15, -0.1) is 0 Å². The summed E-state index contributed by atoms with van der Waals surface area (Å²) in [5.41, 5.74) is 12.0. The SMILES string of the molecule is Nc1nc(N)c2c(n1)OC1(CCN(C(=O)C3CCNCC3)C1)C2. The largest absolute Gasteiger partial charge is 0.468 e. The molecule has 23 heavy (non-hydrogen) atoms. The van der Waals surface area contributed by atoms with Crippen LogP contribution < -0.4 is 21.5 Å². The Labute approximate surface area is 134 Å². The van der Waals surface area contributed by atoms with Crippen molar-refractivity contribution in [2.45, 2.75) is 31.3 Å². The summed E-state index contributed by atoms with van der Waals surface area (Å²) in [5, 5.41) is 3.30. The van der Waals surface area contributed by atoms with E-state index in [-0.39, 0.29) is 17.8 Å². The van der Waals surface area contributed by atoms with E-state index in [1.54, 1.807) is 0 Å². The molecule has 8 nitrogen and oxygen atoms in total. The maximum absolute atomic E-state index is 12.7. The molecular formula is C15H22N6O2. The first-order valence-electron chi connectivity index (χ1n) is 8.17. The number of amides is 1. The summed E-state index contributed by atoms with van der Waals surface area (Å²) < 4.78 is 6.07. The Hall–Kier alpha value is -2.09. The molecule has 5 N–H and O–H groups in total. The Morgan fingerprint density at radius 2 is 2.09 bits per heavy atom. The lowest BCUT2D eigenvalue weighted by molar-refractivity contribution is -0.136. The average molecular weight is 318 g/mol. The smallest absolute Gasteiger partial charge is 0.225 e. The minimum Gasteiger partial charge on any atom is -0.468 e. The number of rotatable bonds is 1. The minimum absolute atomic E-state index is 0.124. The fraction of sp³-hybridized carbons (Fsp3) is 0.667. The van der Waals surface area contributed by atoms with Crippen molar-refractivity contribution in [3.05, 3.63) is 5.56 Å². The molecule has 1 spiro atoms. The third-order valence-corrected chi connectivity index (χ3v) is 5.15. The summed E-state index contributed by atoms with van der Waals surface area (Å²) in [5.74, 6) is 1.37. The lowest BCUT2D eigenvalue weighted by Crippen LogP contribution is -2.43. The van der Waals surface area contributed by atoms with Gasteiger partial charge in [-0.05, 0) is 25.9 Å². The molecule has 0 saturated carbocycles. The predicted octanol–water partition coefficient (Wildman–Crippen LogP) is -0.453. The summed E-state index contributed by atoms with van der Waals surface area (Å²) in [6.07, 6.45) is 3.26. The Bertz CT molecular complexity index is 645. The Morgan fingerprint density at radius 3 is 2.87 bits per heavy atom. The van der Waals surface area contributed by atoms with Crippen LogP contribution in [0.3, 0.4) is 0 Å². The molecule has 4 heterocycles. The minimum atomic E-state index is -0.415. The number of carbonyl (C=O) groups is 1. The van der Waals surface area contributed by atoms with Gasteiger partial charge in [0.15, 0.2) is 0 Å². The topological polar surface area (TPSA) is 119 Å². The van der Waals surface area contributed by atoms with Crippen molar-refractivity contribution >= 4 is 17.7 Å². The van der Waals surface area contributed by atoms with Crippen molar-refractivity contribution in [2.75, 3.05) is 37.6 Å². The van der Waals surface area contributed by atoms with Crippen LogP contribution in [0.1, 0.15) is 24.8 Å². The Balaban J connectivity index is 1.48. The van der Waals surface area contributed by atoms with Crippen molar-refractivity contribution in [2.24, 2.45) is 5.92 Å². The van der Waals surface area contributed by atoms with Gasteiger partial charge in [-0.25, -0.2) is 0 Å². The fourth-order valence-corrected chi connectivity index (χ4v) is 3.90. The van der Waals surface area contributed by atoms with Crippen LogP contribution in [0.25, 0.3) is 0 Å². The molecule has 1 aromatic rings. The zero-order chi connectivity index (χ0) is 16.0. The van der Waals surface area contributed by atoms with Crippen LogP contribution in [-0.2, 0) is 11.2 Å². The van der Waals surface area contributed by atoms with Crippen LogP contribution >= 0.6 is 0 Å². The van der Waals surface area contributed by atoms with Gasteiger partial charge in [-0.2, -0.15) is 9.97 Å². The van der Waals surface area contributed by atoms with Crippen molar-refractivity contribution in [1.82, 2.24) is 20.2 Å². The van der Waals surface area contributed by atoms with E-state index in [0.717, 1.165) is 44.5 Å². The van der Waals surface area contributed by atoms with Crippen molar-refractivity contribution < 1.29 is 9.53 Å². The average Bonchev–Trinajstić information content (AvgIpc) is 3.11. The number of hydrogen-bond donors (Lipinski definition) is 3. The number of anilines is 2.